The number of para-hydroxylation sites is 1. The van der Waals surface area contributed by atoms with E-state index in [-0.39, 0.29) is 24.0 Å². The Bertz CT molecular complexity index is 893. The summed E-state index contributed by atoms with van der Waals surface area (Å²) in [6.07, 6.45) is 4.07. The highest BCUT2D eigenvalue weighted by Crippen LogP contribution is 2.22. The molecule has 0 saturated heterocycles. The van der Waals surface area contributed by atoms with Gasteiger partial charge in [0, 0.05) is 30.7 Å². The minimum Gasteiger partial charge on any atom is -0.444 e. The Morgan fingerprint density at radius 2 is 2.04 bits per heavy atom. The molecule has 0 fully saturated rings. The predicted octanol–water partition coefficient (Wildman–Crippen LogP) is 3.86. The Morgan fingerprint density at radius 1 is 1.22 bits per heavy atom. The van der Waals surface area contributed by atoms with Crippen LogP contribution in [0.1, 0.15) is 35.4 Å². The van der Waals surface area contributed by atoms with Gasteiger partial charge in [0.15, 0.2) is 5.96 Å². The molecular weight excluding hydrogens is 453 g/mol. The van der Waals surface area contributed by atoms with Crippen LogP contribution in [0.5, 0.6) is 0 Å². The van der Waals surface area contributed by atoms with Crippen molar-refractivity contribution in [2.24, 2.45) is 4.99 Å². The zero-order valence-electron chi connectivity index (χ0n) is 16.3. The fourth-order valence-electron chi connectivity index (χ4n) is 3.09. The number of guanidine groups is 1. The summed E-state index contributed by atoms with van der Waals surface area (Å²) in [5, 5.41) is 7.89. The lowest BCUT2D eigenvalue weighted by atomic mass is 10.1. The van der Waals surface area contributed by atoms with Gasteiger partial charge < -0.3 is 20.0 Å². The largest absolute Gasteiger partial charge is 0.444 e. The summed E-state index contributed by atoms with van der Waals surface area (Å²) < 4.78 is 5.58. The van der Waals surface area contributed by atoms with Gasteiger partial charge in [0.1, 0.15) is 5.76 Å². The number of hydrogen-bond donors (Lipinski definition) is 3. The lowest BCUT2D eigenvalue weighted by molar-refractivity contribution is 0.464. The van der Waals surface area contributed by atoms with Gasteiger partial charge in [-0.15, -0.1) is 24.0 Å². The van der Waals surface area contributed by atoms with E-state index in [1.807, 2.05) is 13.8 Å². The number of H-pyrrole nitrogens is 1. The van der Waals surface area contributed by atoms with Gasteiger partial charge in [-0.2, -0.15) is 0 Å². The maximum Gasteiger partial charge on any atom is 0.214 e. The van der Waals surface area contributed by atoms with Crippen molar-refractivity contribution in [3.63, 3.8) is 0 Å². The topological polar surface area (TPSA) is 78.2 Å². The number of benzene rings is 1. The molecule has 2 heterocycles. The Morgan fingerprint density at radius 3 is 2.70 bits per heavy atom. The van der Waals surface area contributed by atoms with Gasteiger partial charge >= 0.3 is 0 Å². The summed E-state index contributed by atoms with van der Waals surface area (Å²) in [6, 6.07) is 6.49. The second kappa shape index (κ2) is 9.77. The van der Waals surface area contributed by atoms with Crippen LogP contribution in [0.4, 0.5) is 0 Å². The van der Waals surface area contributed by atoms with Crippen LogP contribution < -0.4 is 10.6 Å². The average Bonchev–Trinajstić information content (AvgIpc) is 3.21. The molecule has 0 radical (unpaired) electrons. The van der Waals surface area contributed by atoms with Crippen molar-refractivity contribution in [2.75, 3.05) is 13.6 Å². The van der Waals surface area contributed by atoms with Crippen molar-refractivity contribution in [3.05, 3.63) is 52.9 Å². The first-order valence-electron chi connectivity index (χ1n) is 9.07. The second-order valence-electron chi connectivity index (χ2n) is 6.36. The maximum atomic E-state index is 5.58. The van der Waals surface area contributed by atoms with Crippen LogP contribution in [-0.4, -0.2) is 29.5 Å². The summed E-state index contributed by atoms with van der Waals surface area (Å²) >= 11 is 0. The van der Waals surface area contributed by atoms with Crippen LogP contribution in [0.2, 0.25) is 0 Å². The summed E-state index contributed by atoms with van der Waals surface area (Å²) in [5.41, 5.74) is 4.85. The van der Waals surface area contributed by atoms with E-state index in [0.29, 0.717) is 12.4 Å². The zero-order chi connectivity index (χ0) is 18.5. The number of fused-ring (bicyclic) bond motifs is 1. The van der Waals surface area contributed by atoms with E-state index in [1.54, 1.807) is 7.05 Å². The van der Waals surface area contributed by atoms with Gasteiger partial charge in [-0.05, 0) is 37.8 Å². The third-order valence-corrected chi connectivity index (χ3v) is 4.66. The number of hydrogen-bond acceptors (Lipinski definition) is 3. The van der Waals surface area contributed by atoms with Gasteiger partial charge in [-0.1, -0.05) is 25.1 Å². The highest BCUT2D eigenvalue weighted by atomic mass is 127. The molecule has 0 atom stereocenters. The molecule has 0 aliphatic rings. The molecule has 27 heavy (non-hydrogen) atoms. The van der Waals surface area contributed by atoms with E-state index < -0.39 is 0 Å². The Labute approximate surface area is 177 Å². The molecule has 3 rings (SSSR count). The quantitative estimate of drug-likeness (QED) is 0.284. The second-order valence-corrected chi connectivity index (χ2v) is 6.36. The molecule has 0 spiro atoms. The minimum atomic E-state index is 0. The highest BCUT2D eigenvalue weighted by Gasteiger charge is 2.08. The number of aromatic amines is 1. The standard InChI is InChI=1S/C20H27N5O.HI/c1-5-15-7-6-8-17-16(11-23-19(15)17)9-10-22-20(21-4)24-12-18-25-13(2)14(3)26-18;/h6-8,11,23H,5,9-10,12H2,1-4H3,(H2,21,22,24);1H. The number of rotatable bonds is 6. The summed E-state index contributed by atoms with van der Waals surface area (Å²) in [4.78, 5) is 12.0. The van der Waals surface area contributed by atoms with Crippen molar-refractivity contribution in [1.29, 1.82) is 0 Å². The number of aromatic nitrogens is 2. The molecule has 0 aliphatic carbocycles. The van der Waals surface area contributed by atoms with Crippen LogP contribution >= 0.6 is 24.0 Å². The number of nitrogens with zero attached hydrogens (tertiary/aromatic N) is 2. The fourth-order valence-corrected chi connectivity index (χ4v) is 3.09. The van der Waals surface area contributed by atoms with Crippen LogP contribution in [0.15, 0.2) is 33.8 Å². The Kier molecular flexibility index (Phi) is 7.70. The average molecular weight is 481 g/mol. The van der Waals surface area contributed by atoms with Gasteiger partial charge in [0.25, 0.3) is 0 Å². The van der Waals surface area contributed by atoms with Crippen LogP contribution in [0.3, 0.4) is 0 Å². The number of aliphatic imine (C=N–C) groups is 1. The van der Waals surface area contributed by atoms with E-state index in [2.05, 4.69) is 56.9 Å². The third kappa shape index (κ3) is 5.03. The summed E-state index contributed by atoms with van der Waals surface area (Å²) in [6.45, 7) is 7.36. The molecule has 3 aromatic rings. The van der Waals surface area contributed by atoms with Crippen molar-refractivity contribution in [2.45, 2.75) is 40.2 Å². The van der Waals surface area contributed by atoms with Crippen LogP contribution in [0.25, 0.3) is 10.9 Å². The van der Waals surface area contributed by atoms with Crippen molar-refractivity contribution in [1.82, 2.24) is 20.6 Å². The van der Waals surface area contributed by atoms with E-state index in [0.717, 1.165) is 36.8 Å². The smallest absolute Gasteiger partial charge is 0.214 e. The summed E-state index contributed by atoms with van der Waals surface area (Å²) in [7, 11) is 1.76. The molecule has 0 saturated carbocycles. The third-order valence-electron chi connectivity index (χ3n) is 4.66. The SMILES string of the molecule is CCc1cccc2c(CCNC(=NC)NCc3nc(C)c(C)o3)c[nH]c12.I. The first kappa shape index (κ1) is 21.3. The molecular formula is C20H28IN5O. The maximum absolute atomic E-state index is 5.58. The molecule has 0 amide bonds. The number of aryl methyl sites for hydroxylation is 3. The molecule has 7 heteroatoms. The van der Waals surface area contributed by atoms with Gasteiger partial charge in [0.05, 0.1) is 12.2 Å². The lowest BCUT2D eigenvalue weighted by Gasteiger charge is -2.10. The minimum absolute atomic E-state index is 0. The van der Waals surface area contributed by atoms with Gasteiger partial charge in [-0.3, -0.25) is 4.99 Å². The number of nitrogens with one attached hydrogen (secondary N) is 3. The fraction of sp³-hybridized carbons (Fsp3) is 0.400. The summed E-state index contributed by atoms with van der Waals surface area (Å²) in [5.74, 6) is 2.27. The number of halogens is 1. The predicted molar refractivity (Wildman–Crippen MR) is 121 cm³/mol. The molecule has 0 unspecified atom stereocenters. The Balaban J connectivity index is 0.00000261. The first-order valence-corrected chi connectivity index (χ1v) is 9.07. The number of oxazole rings is 1. The van der Waals surface area contributed by atoms with E-state index in [4.69, 9.17) is 4.42 Å². The highest BCUT2D eigenvalue weighted by molar-refractivity contribution is 14.0. The molecule has 2 aromatic heterocycles. The molecule has 0 aliphatic heterocycles. The molecule has 6 nitrogen and oxygen atoms in total. The van der Waals surface area contributed by atoms with Crippen molar-refractivity contribution < 1.29 is 4.42 Å². The molecule has 0 bridgehead atoms. The molecule has 146 valence electrons. The van der Waals surface area contributed by atoms with Crippen LogP contribution in [-0.2, 0) is 19.4 Å². The van der Waals surface area contributed by atoms with E-state index in [1.165, 1.54) is 22.0 Å². The van der Waals surface area contributed by atoms with E-state index >= 15 is 0 Å². The van der Waals surface area contributed by atoms with E-state index in [9.17, 15) is 0 Å². The monoisotopic (exact) mass is 481 g/mol. The van der Waals surface area contributed by atoms with Gasteiger partial charge in [0.2, 0.25) is 5.89 Å². The van der Waals surface area contributed by atoms with Crippen LogP contribution in [0, 0.1) is 13.8 Å². The van der Waals surface area contributed by atoms with Crippen molar-refractivity contribution >= 4 is 40.8 Å². The van der Waals surface area contributed by atoms with Gasteiger partial charge in [-0.25, -0.2) is 4.98 Å². The van der Waals surface area contributed by atoms with Crippen molar-refractivity contribution in [3.8, 4) is 0 Å². The Hall–Kier alpha value is -2.03. The lowest BCUT2D eigenvalue weighted by Crippen LogP contribution is -2.37. The normalized spacial score (nSPS) is 11.5. The first-order chi connectivity index (χ1) is 12.6. The molecule has 1 aromatic carbocycles. The molecule has 3 N–H and O–H groups in total. The zero-order valence-corrected chi connectivity index (χ0v) is 18.7.